The van der Waals surface area contributed by atoms with Crippen LogP contribution in [0, 0.1) is 5.92 Å². The molecular formula is C10H19N3O. The molecule has 1 heterocycles. The van der Waals surface area contributed by atoms with Crippen molar-refractivity contribution in [3.63, 3.8) is 0 Å². The summed E-state index contributed by atoms with van der Waals surface area (Å²) in [5, 5.41) is 3.91. The van der Waals surface area contributed by atoms with E-state index in [9.17, 15) is 0 Å². The maximum atomic E-state index is 5.96. The first-order valence-corrected chi connectivity index (χ1v) is 4.90. The molecule has 0 unspecified atom stereocenters. The van der Waals surface area contributed by atoms with Crippen LogP contribution in [0.1, 0.15) is 32.1 Å². The largest absolute Gasteiger partial charge is 0.360 e. The summed E-state index contributed by atoms with van der Waals surface area (Å²) in [5.41, 5.74) is 5.96. The molecule has 0 aromatic carbocycles. The Morgan fingerprint density at radius 1 is 1.50 bits per heavy atom. The zero-order chi connectivity index (χ0) is 10.7. The summed E-state index contributed by atoms with van der Waals surface area (Å²) < 4.78 is 5.17. The summed E-state index contributed by atoms with van der Waals surface area (Å²) >= 11 is 0. The Morgan fingerprint density at radius 2 is 2.14 bits per heavy atom. The average molecular weight is 197 g/mol. The topological polar surface area (TPSA) is 55.3 Å². The van der Waals surface area contributed by atoms with Crippen LogP contribution >= 0.6 is 0 Å². The number of rotatable bonds is 4. The molecule has 1 atom stereocenters. The molecule has 0 radical (unpaired) electrons. The van der Waals surface area contributed by atoms with Crippen LogP contribution in [-0.2, 0) is 0 Å². The van der Waals surface area contributed by atoms with Gasteiger partial charge < -0.3 is 15.2 Å². The van der Waals surface area contributed by atoms with E-state index in [1.54, 1.807) is 0 Å². The van der Waals surface area contributed by atoms with E-state index >= 15 is 0 Å². The van der Waals surface area contributed by atoms with Gasteiger partial charge in [-0.2, -0.15) is 0 Å². The molecule has 0 saturated heterocycles. The lowest BCUT2D eigenvalue weighted by Crippen LogP contribution is -2.12. The van der Waals surface area contributed by atoms with Gasteiger partial charge in [-0.15, -0.1) is 0 Å². The second-order valence-electron chi connectivity index (χ2n) is 4.22. The van der Waals surface area contributed by atoms with Crippen molar-refractivity contribution in [1.29, 1.82) is 0 Å². The third-order valence-corrected chi connectivity index (χ3v) is 2.06. The molecule has 1 aromatic rings. The molecule has 0 bridgehead atoms. The van der Waals surface area contributed by atoms with E-state index in [4.69, 9.17) is 10.3 Å². The van der Waals surface area contributed by atoms with E-state index in [-0.39, 0.29) is 6.04 Å². The Kier molecular flexibility index (Phi) is 3.52. The van der Waals surface area contributed by atoms with Crippen molar-refractivity contribution >= 4 is 5.82 Å². The second kappa shape index (κ2) is 4.46. The van der Waals surface area contributed by atoms with Gasteiger partial charge >= 0.3 is 0 Å². The van der Waals surface area contributed by atoms with E-state index in [1.807, 2.05) is 25.1 Å². The molecule has 4 nitrogen and oxygen atoms in total. The molecule has 0 aliphatic heterocycles. The fourth-order valence-corrected chi connectivity index (χ4v) is 1.29. The van der Waals surface area contributed by atoms with Crippen LogP contribution in [0.4, 0.5) is 5.82 Å². The van der Waals surface area contributed by atoms with Crippen LogP contribution in [-0.4, -0.2) is 19.3 Å². The Bertz CT molecular complexity index is 281. The minimum absolute atomic E-state index is 0.0452. The fourth-order valence-electron chi connectivity index (χ4n) is 1.29. The van der Waals surface area contributed by atoms with Crippen LogP contribution in [0.25, 0.3) is 0 Å². The van der Waals surface area contributed by atoms with Gasteiger partial charge in [0.1, 0.15) is 0 Å². The Labute approximate surface area is 85.1 Å². The summed E-state index contributed by atoms with van der Waals surface area (Å²) in [6, 6.07) is 1.85. The zero-order valence-corrected chi connectivity index (χ0v) is 9.32. The van der Waals surface area contributed by atoms with Crippen LogP contribution in [0.3, 0.4) is 0 Å². The highest BCUT2D eigenvalue weighted by molar-refractivity contribution is 5.36. The van der Waals surface area contributed by atoms with Gasteiger partial charge in [-0.3, -0.25) is 0 Å². The van der Waals surface area contributed by atoms with Crippen LogP contribution in [0.2, 0.25) is 0 Å². The minimum atomic E-state index is -0.0452. The van der Waals surface area contributed by atoms with E-state index < -0.39 is 0 Å². The van der Waals surface area contributed by atoms with Gasteiger partial charge in [-0.25, -0.2) is 0 Å². The number of hydrogen-bond donors (Lipinski definition) is 1. The summed E-state index contributed by atoms with van der Waals surface area (Å²) in [4.78, 5) is 1.90. The normalized spacial score (nSPS) is 13.3. The van der Waals surface area contributed by atoms with Gasteiger partial charge in [0, 0.05) is 20.2 Å². The zero-order valence-electron chi connectivity index (χ0n) is 9.32. The Hall–Kier alpha value is -1.03. The predicted molar refractivity (Wildman–Crippen MR) is 57.2 cm³/mol. The molecule has 0 saturated carbocycles. The van der Waals surface area contributed by atoms with Gasteiger partial charge in [-0.1, -0.05) is 19.0 Å². The standard InChI is InChI=1S/C10H19N3O/c1-7(2)5-8(11)9-6-10(12-14-9)13(3)4/h6-8H,5,11H2,1-4H3/t8-/m1/s1. The SMILES string of the molecule is CC(C)C[C@@H](N)c1cc(N(C)C)no1. The highest BCUT2D eigenvalue weighted by Crippen LogP contribution is 2.21. The molecule has 0 spiro atoms. The van der Waals surface area contributed by atoms with Crippen molar-refractivity contribution in [2.75, 3.05) is 19.0 Å². The molecule has 0 amide bonds. The van der Waals surface area contributed by atoms with Crippen LogP contribution in [0.15, 0.2) is 10.6 Å². The molecule has 2 N–H and O–H groups in total. The highest BCUT2D eigenvalue weighted by atomic mass is 16.5. The number of hydrogen-bond acceptors (Lipinski definition) is 4. The van der Waals surface area contributed by atoms with Gasteiger partial charge in [0.2, 0.25) is 0 Å². The quantitative estimate of drug-likeness (QED) is 0.799. The number of nitrogens with two attached hydrogens (primary N) is 1. The molecule has 1 rings (SSSR count). The average Bonchev–Trinajstić information content (AvgIpc) is 2.50. The smallest absolute Gasteiger partial charge is 0.171 e. The summed E-state index contributed by atoms with van der Waals surface area (Å²) in [6.45, 7) is 4.28. The van der Waals surface area contributed by atoms with Crippen molar-refractivity contribution in [2.24, 2.45) is 11.7 Å². The third kappa shape index (κ3) is 2.73. The van der Waals surface area contributed by atoms with Gasteiger partial charge in [0.25, 0.3) is 0 Å². The summed E-state index contributed by atoms with van der Waals surface area (Å²) in [7, 11) is 3.85. The van der Waals surface area contributed by atoms with Crippen LogP contribution in [0.5, 0.6) is 0 Å². The second-order valence-corrected chi connectivity index (χ2v) is 4.22. The summed E-state index contributed by atoms with van der Waals surface area (Å²) in [6.07, 6.45) is 0.919. The van der Waals surface area contributed by atoms with Crippen molar-refractivity contribution < 1.29 is 4.52 Å². The van der Waals surface area contributed by atoms with E-state index in [0.29, 0.717) is 5.92 Å². The molecule has 4 heteroatoms. The number of nitrogens with zero attached hydrogens (tertiary/aromatic N) is 2. The number of aromatic nitrogens is 1. The lowest BCUT2D eigenvalue weighted by molar-refractivity contribution is 0.343. The molecular weight excluding hydrogens is 178 g/mol. The first-order chi connectivity index (χ1) is 6.50. The maximum Gasteiger partial charge on any atom is 0.171 e. The van der Waals surface area contributed by atoms with E-state index in [1.165, 1.54) is 0 Å². The fraction of sp³-hybridized carbons (Fsp3) is 0.700. The number of anilines is 1. The minimum Gasteiger partial charge on any atom is -0.360 e. The monoisotopic (exact) mass is 197 g/mol. The van der Waals surface area contributed by atoms with E-state index in [2.05, 4.69) is 19.0 Å². The molecule has 1 aromatic heterocycles. The van der Waals surface area contributed by atoms with Crippen molar-refractivity contribution in [2.45, 2.75) is 26.3 Å². The van der Waals surface area contributed by atoms with E-state index in [0.717, 1.165) is 18.0 Å². The molecule has 0 aliphatic carbocycles. The molecule has 0 aliphatic rings. The van der Waals surface area contributed by atoms with Gasteiger partial charge in [0.15, 0.2) is 11.6 Å². The summed E-state index contributed by atoms with van der Waals surface area (Å²) in [5.74, 6) is 2.15. The molecule has 80 valence electrons. The van der Waals surface area contributed by atoms with Crippen molar-refractivity contribution in [3.8, 4) is 0 Å². The van der Waals surface area contributed by atoms with Crippen LogP contribution < -0.4 is 10.6 Å². The maximum absolute atomic E-state index is 5.96. The van der Waals surface area contributed by atoms with Crippen molar-refractivity contribution in [1.82, 2.24) is 5.16 Å². The Morgan fingerprint density at radius 3 is 2.57 bits per heavy atom. The molecule has 0 fully saturated rings. The lowest BCUT2D eigenvalue weighted by Gasteiger charge is -2.09. The van der Waals surface area contributed by atoms with Gasteiger partial charge in [-0.05, 0) is 12.3 Å². The first-order valence-electron chi connectivity index (χ1n) is 4.90. The first kappa shape index (κ1) is 11.0. The van der Waals surface area contributed by atoms with Gasteiger partial charge in [0.05, 0.1) is 6.04 Å². The highest BCUT2D eigenvalue weighted by Gasteiger charge is 2.14. The van der Waals surface area contributed by atoms with Crippen molar-refractivity contribution in [3.05, 3.63) is 11.8 Å². The molecule has 14 heavy (non-hydrogen) atoms. The predicted octanol–water partition coefficient (Wildman–Crippen LogP) is 1.79. The lowest BCUT2D eigenvalue weighted by atomic mass is 10.0. The third-order valence-electron chi connectivity index (χ3n) is 2.06. The Balaban J connectivity index is 2.66.